The molecule has 0 aromatic rings. The van der Waals surface area contributed by atoms with Gasteiger partial charge in [-0.2, -0.15) is 0 Å². The first kappa shape index (κ1) is 15.2. The second-order valence-corrected chi connectivity index (χ2v) is 4.97. The van der Waals surface area contributed by atoms with Gasteiger partial charge in [-0.3, -0.25) is 4.99 Å². The van der Waals surface area contributed by atoms with E-state index >= 15 is 0 Å². The topological polar surface area (TPSA) is 48.9 Å². The molecule has 1 aliphatic carbocycles. The molecule has 0 aromatic heterocycles. The minimum Gasteiger partial charge on any atom is -0.383 e. The molecule has 0 radical (unpaired) electrons. The zero-order valence-corrected chi connectivity index (χ0v) is 12.0. The molecule has 18 heavy (non-hydrogen) atoms. The van der Waals surface area contributed by atoms with Crippen molar-refractivity contribution in [1.82, 2.24) is 15.5 Å². The SMILES string of the molecule is CN=C(NCCCN(C)CCOC)NCC1CC1. The lowest BCUT2D eigenvalue weighted by molar-refractivity contribution is 0.161. The third-order valence-electron chi connectivity index (χ3n) is 3.16. The van der Waals surface area contributed by atoms with E-state index in [2.05, 4.69) is 27.6 Å². The van der Waals surface area contributed by atoms with Crippen LogP contribution in [0.3, 0.4) is 0 Å². The van der Waals surface area contributed by atoms with E-state index in [4.69, 9.17) is 4.74 Å². The van der Waals surface area contributed by atoms with Crippen LogP contribution in [0.25, 0.3) is 0 Å². The molecule has 0 saturated heterocycles. The molecular formula is C13H28N4O. The predicted octanol–water partition coefficient (Wildman–Crippen LogP) is 0.530. The summed E-state index contributed by atoms with van der Waals surface area (Å²) in [5, 5.41) is 6.70. The summed E-state index contributed by atoms with van der Waals surface area (Å²) < 4.78 is 5.05. The molecule has 0 heterocycles. The summed E-state index contributed by atoms with van der Waals surface area (Å²) in [4.78, 5) is 6.50. The minimum atomic E-state index is 0.800. The number of ether oxygens (including phenoxy) is 1. The van der Waals surface area contributed by atoms with Crippen molar-refractivity contribution in [2.45, 2.75) is 19.3 Å². The zero-order chi connectivity index (χ0) is 13.2. The van der Waals surface area contributed by atoms with Gasteiger partial charge in [-0.15, -0.1) is 0 Å². The molecule has 0 spiro atoms. The summed E-state index contributed by atoms with van der Waals surface area (Å²) in [5.74, 6) is 1.81. The molecule has 106 valence electrons. The summed E-state index contributed by atoms with van der Waals surface area (Å²) in [6, 6.07) is 0. The zero-order valence-electron chi connectivity index (χ0n) is 12.0. The van der Waals surface area contributed by atoms with Crippen LogP contribution in [-0.2, 0) is 4.74 Å². The number of guanidine groups is 1. The van der Waals surface area contributed by atoms with E-state index in [1.54, 1.807) is 7.11 Å². The highest BCUT2D eigenvalue weighted by Crippen LogP contribution is 2.27. The Morgan fingerprint density at radius 3 is 2.72 bits per heavy atom. The lowest BCUT2D eigenvalue weighted by Crippen LogP contribution is -2.39. The second-order valence-electron chi connectivity index (χ2n) is 4.97. The van der Waals surface area contributed by atoms with Crippen LogP contribution in [0.15, 0.2) is 4.99 Å². The second kappa shape index (κ2) is 9.16. The third kappa shape index (κ3) is 7.50. The molecule has 5 nitrogen and oxygen atoms in total. The van der Waals surface area contributed by atoms with Gasteiger partial charge in [0, 0.05) is 33.8 Å². The minimum absolute atomic E-state index is 0.800. The highest BCUT2D eigenvalue weighted by Gasteiger charge is 2.20. The maximum atomic E-state index is 5.05. The van der Waals surface area contributed by atoms with Crippen LogP contribution in [0.5, 0.6) is 0 Å². The Morgan fingerprint density at radius 2 is 2.11 bits per heavy atom. The Morgan fingerprint density at radius 1 is 1.33 bits per heavy atom. The molecule has 2 N–H and O–H groups in total. The Balaban J connectivity index is 1.97. The molecular weight excluding hydrogens is 228 g/mol. The van der Waals surface area contributed by atoms with Crippen LogP contribution >= 0.6 is 0 Å². The van der Waals surface area contributed by atoms with Gasteiger partial charge in [-0.25, -0.2) is 0 Å². The van der Waals surface area contributed by atoms with Gasteiger partial charge in [0.25, 0.3) is 0 Å². The molecule has 1 saturated carbocycles. The van der Waals surface area contributed by atoms with E-state index in [-0.39, 0.29) is 0 Å². The predicted molar refractivity (Wildman–Crippen MR) is 76.1 cm³/mol. The van der Waals surface area contributed by atoms with E-state index < -0.39 is 0 Å². The monoisotopic (exact) mass is 256 g/mol. The fourth-order valence-corrected chi connectivity index (χ4v) is 1.70. The van der Waals surface area contributed by atoms with Gasteiger partial charge in [0.1, 0.15) is 0 Å². The van der Waals surface area contributed by atoms with Gasteiger partial charge in [0.05, 0.1) is 6.61 Å². The number of hydrogen-bond donors (Lipinski definition) is 2. The summed E-state index contributed by atoms with van der Waals surface area (Å²) in [7, 11) is 5.69. The number of aliphatic imine (C=N–C) groups is 1. The van der Waals surface area contributed by atoms with Crippen molar-refractivity contribution in [3.05, 3.63) is 0 Å². The smallest absolute Gasteiger partial charge is 0.190 e. The maximum absolute atomic E-state index is 5.05. The highest BCUT2D eigenvalue weighted by atomic mass is 16.5. The average Bonchev–Trinajstić information content (AvgIpc) is 3.19. The van der Waals surface area contributed by atoms with Crippen LogP contribution in [-0.4, -0.2) is 64.9 Å². The van der Waals surface area contributed by atoms with Gasteiger partial charge in [-0.05, 0) is 38.8 Å². The van der Waals surface area contributed by atoms with Crippen LogP contribution in [0.1, 0.15) is 19.3 Å². The molecule has 1 aliphatic rings. The van der Waals surface area contributed by atoms with Crippen molar-refractivity contribution >= 4 is 5.96 Å². The molecule has 0 unspecified atom stereocenters. The largest absolute Gasteiger partial charge is 0.383 e. The van der Waals surface area contributed by atoms with Crippen molar-refractivity contribution in [3.8, 4) is 0 Å². The standard InChI is InChI=1S/C13H28N4O/c1-14-13(16-11-12-5-6-12)15-7-4-8-17(2)9-10-18-3/h12H,4-11H2,1-3H3,(H2,14,15,16). The fourth-order valence-electron chi connectivity index (χ4n) is 1.70. The Labute approximate surface area is 111 Å². The van der Waals surface area contributed by atoms with Gasteiger partial charge in [0.2, 0.25) is 0 Å². The lowest BCUT2D eigenvalue weighted by Gasteiger charge is -2.16. The van der Waals surface area contributed by atoms with Crippen molar-refractivity contribution in [3.63, 3.8) is 0 Å². The molecule has 0 aliphatic heterocycles. The molecule has 0 aromatic carbocycles. The van der Waals surface area contributed by atoms with Gasteiger partial charge < -0.3 is 20.3 Å². The number of methoxy groups -OCH3 is 1. The summed E-state index contributed by atoms with van der Waals surface area (Å²) in [6.07, 6.45) is 3.85. The number of nitrogens with one attached hydrogen (secondary N) is 2. The first-order chi connectivity index (χ1) is 8.76. The lowest BCUT2D eigenvalue weighted by atomic mass is 10.4. The average molecular weight is 256 g/mol. The quantitative estimate of drug-likeness (QED) is 0.359. The van der Waals surface area contributed by atoms with Crippen LogP contribution < -0.4 is 10.6 Å². The molecule has 1 rings (SSSR count). The van der Waals surface area contributed by atoms with Gasteiger partial charge in [0.15, 0.2) is 5.96 Å². The first-order valence-electron chi connectivity index (χ1n) is 6.88. The number of rotatable bonds is 9. The van der Waals surface area contributed by atoms with E-state index in [0.29, 0.717) is 0 Å². The molecule has 1 fully saturated rings. The highest BCUT2D eigenvalue weighted by molar-refractivity contribution is 5.79. The maximum Gasteiger partial charge on any atom is 0.190 e. The fraction of sp³-hybridized carbons (Fsp3) is 0.923. The van der Waals surface area contributed by atoms with Crippen molar-refractivity contribution < 1.29 is 4.74 Å². The Bertz CT molecular complexity index is 241. The van der Waals surface area contributed by atoms with Crippen LogP contribution in [0.4, 0.5) is 0 Å². The van der Waals surface area contributed by atoms with Crippen molar-refractivity contribution in [1.29, 1.82) is 0 Å². The van der Waals surface area contributed by atoms with Gasteiger partial charge >= 0.3 is 0 Å². The van der Waals surface area contributed by atoms with Gasteiger partial charge in [-0.1, -0.05) is 0 Å². The van der Waals surface area contributed by atoms with Crippen molar-refractivity contribution in [2.24, 2.45) is 10.9 Å². The van der Waals surface area contributed by atoms with E-state index in [1.807, 2.05) is 7.05 Å². The number of nitrogens with zero attached hydrogens (tertiary/aromatic N) is 2. The summed E-state index contributed by atoms with van der Waals surface area (Å²) in [6.45, 7) is 4.89. The molecule has 0 amide bonds. The van der Waals surface area contributed by atoms with E-state index in [9.17, 15) is 0 Å². The Kier molecular flexibility index (Phi) is 7.76. The summed E-state index contributed by atoms with van der Waals surface area (Å²) >= 11 is 0. The molecule has 5 heteroatoms. The van der Waals surface area contributed by atoms with E-state index in [1.165, 1.54) is 12.8 Å². The molecule has 0 atom stereocenters. The third-order valence-corrected chi connectivity index (χ3v) is 3.16. The molecule has 0 bridgehead atoms. The van der Waals surface area contributed by atoms with Crippen molar-refractivity contribution in [2.75, 3.05) is 54.0 Å². The van der Waals surface area contributed by atoms with Crippen LogP contribution in [0, 0.1) is 5.92 Å². The first-order valence-corrected chi connectivity index (χ1v) is 6.88. The Hall–Kier alpha value is -0.810. The summed E-state index contributed by atoms with van der Waals surface area (Å²) in [5.41, 5.74) is 0. The normalized spacial score (nSPS) is 16.1. The van der Waals surface area contributed by atoms with Crippen LogP contribution in [0.2, 0.25) is 0 Å². The van der Waals surface area contributed by atoms with E-state index in [0.717, 1.165) is 51.1 Å². The number of hydrogen-bond acceptors (Lipinski definition) is 3. The number of likely N-dealkylation sites (N-methyl/N-ethyl adjacent to an activating group) is 1.